The van der Waals surface area contributed by atoms with E-state index in [-0.39, 0.29) is 24.7 Å². The SMILES string of the molecule is CCCCCC(C)NC(=O)N(CC(=O)O)C(C)CC. The van der Waals surface area contributed by atoms with Crippen LogP contribution in [0.2, 0.25) is 0 Å². The zero-order valence-corrected chi connectivity index (χ0v) is 12.6. The van der Waals surface area contributed by atoms with Crippen LogP contribution in [0, 0.1) is 0 Å². The molecule has 0 spiro atoms. The summed E-state index contributed by atoms with van der Waals surface area (Å²) >= 11 is 0. The van der Waals surface area contributed by atoms with Gasteiger partial charge >= 0.3 is 12.0 Å². The van der Waals surface area contributed by atoms with Crippen LogP contribution in [-0.2, 0) is 4.79 Å². The quantitative estimate of drug-likeness (QED) is 0.634. The Balaban J connectivity index is 4.34. The van der Waals surface area contributed by atoms with Crippen LogP contribution in [-0.4, -0.2) is 40.6 Å². The van der Waals surface area contributed by atoms with E-state index >= 15 is 0 Å². The van der Waals surface area contributed by atoms with Gasteiger partial charge in [-0.25, -0.2) is 4.79 Å². The molecular weight excluding hydrogens is 244 g/mol. The van der Waals surface area contributed by atoms with Crippen molar-refractivity contribution in [3.05, 3.63) is 0 Å². The average Bonchev–Trinajstić information content (AvgIpc) is 2.35. The van der Waals surface area contributed by atoms with Gasteiger partial charge in [0.2, 0.25) is 0 Å². The number of nitrogens with one attached hydrogen (secondary N) is 1. The summed E-state index contributed by atoms with van der Waals surface area (Å²) in [6.07, 6.45) is 5.06. The first-order valence-electron chi connectivity index (χ1n) is 7.21. The monoisotopic (exact) mass is 272 g/mol. The number of aliphatic carboxylic acids is 1. The summed E-state index contributed by atoms with van der Waals surface area (Å²) in [4.78, 5) is 24.3. The summed E-state index contributed by atoms with van der Waals surface area (Å²) in [5.74, 6) is -0.978. The van der Waals surface area contributed by atoms with Crippen molar-refractivity contribution in [2.75, 3.05) is 6.54 Å². The van der Waals surface area contributed by atoms with E-state index in [1.165, 1.54) is 4.90 Å². The molecule has 5 heteroatoms. The summed E-state index contributed by atoms with van der Waals surface area (Å²) in [6, 6.07) is -0.265. The fraction of sp³-hybridized carbons (Fsp3) is 0.857. The van der Waals surface area contributed by atoms with Gasteiger partial charge in [-0.2, -0.15) is 0 Å². The van der Waals surface area contributed by atoms with Gasteiger partial charge in [0.25, 0.3) is 0 Å². The van der Waals surface area contributed by atoms with E-state index in [0.29, 0.717) is 0 Å². The molecule has 0 saturated heterocycles. The Morgan fingerprint density at radius 2 is 1.84 bits per heavy atom. The Morgan fingerprint density at radius 1 is 1.21 bits per heavy atom. The Morgan fingerprint density at radius 3 is 2.32 bits per heavy atom. The van der Waals surface area contributed by atoms with E-state index in [1.807, 2.05) is 20.8 Å². The predicted molar refractivity (Wildman–Crippen MR) is 76.2 cm³/mol. The summed E-state index contributed by atoms with van der Waals surface area (Å²) in [6.45, 7) is 7.66. The number of carboxylic acid groups (broad SMARTS) is 1. The Hall–Kier alpha value is -1.26. The van der Waals surface area contributed by atoms with E-state index in [1.54, 1.807) is 0 Å². The topological polar surface area (TPSA) is 69.6 Å². The maximum Gasteiger partial charge on any atom is 0.323 e. The highest BCUT2D eigenvalue weighted by Gasteiger charge is 2.22. The van der Waals surface area contributed by atoms with Crippen LogP contribution in [0.1, 0.15) is 59.8 Å². The molecule has 0 radical (unpaired) electrons. The normalized spacial score (nSPS) is 13.7. The Labute approximate surface area is 116 Å². The van der Waals surface area contributed by atoms with Gasteiger partial charge in [-0.05, 0) is 26.7 Å². The molecule has 2 N–H and O–H groups in total. The lowest BCUT2D eigenvalue weighted by molar-refractivity contribution is -0.138. The number of urea groups is 1. The van der Waals surface area contributed by atoms with Crippen molar-refractivity contribution < 1.29 is 14.7 Å². The number of hydrogen-bond acceptors (Lipinski definition) is 2. The summed E-state index contributed by atoms with van der Waals surface area (Å²) in [7, 11) is 0. The number of carbonyl (C=O) groups is 2. The minimum atomic E-state index is -0.978. The molecule has 0 rings (SSSR count). The standard InChI is InChI=1S/C14H28N2O3/c1-5-7-8-9-11(3)15-14(19)16(10-13(17)18)12(4)6-2/h11-12H,5-10H2,1-4H3,(H,15,19)(H,17,18). The van der Waals surface area contributed by atoms with E-state index in [0.717, 1.165) is 32.1 Å². The predicted octanol–water partition coefficient (Wildman–Crippen LogP) is 2.85. The molecule has 0 aliphatic heterocycles. The van der Waals surface area contributed by atoms with Crippen LogP contribution < -0.4 is 5.32 Å². The zero-order chi connectivity index (χ0) is 14.8. The minimum absolute atomic E-state index is 0.0704. The van der Waals surface area contributed by atoms with Crippen LogP contribution in [0.4, 0.5) is 4.79 Å². The molecule has 0 aromatic heterocycles. The third-order valence-corrected chi connectivity index (χ3v) is 3.30. The van der Waals surface area contributed by atoms with Gasteiger partial charge in [0.1, 0.15) is 6.54 Å². The van der Waals surface area contributed by atoms with Gasteiger partial charge < -0.3 is 15.3 Å². The Bertz CT molecular complexity index is 282. The lowest BCUT2D eigenvalue weighted by atomic mass is 10.1. The first-order valence-corrected chi connectivity index (χ1v) is 7.21. The summed E-state index contributed by atoms with van der Waals surface area (Å²) in [5, 5.41) is 11.7. The van der Waals surface area contributed by atoms with Crippen molar-refractivity contribution >= 4 is 12.0 Å². The van der Waals surface area contributed by atoms with Crippen LogP contribution >= 0.6 is 0 Å². The highest BCUT2D eigenvalue weighted by atomic mass is 16.4. The van der Waals surface area contributed by atoms with Crippen LogP contribution in [0.15, 0.2) is 0 Å². The fourth-order valence-corrected chi connectivity index (χ4v) is 1.86. The third kappa shape index (κ3) is 7.70. The van der Waals surface area contributed by atoms with Crippen molar-refractivity contribution in [3.8, 4) is 0 Å². The lowest BCUT2D eigenvalue weighted by Crippen LogP contribution is -2.49. The molecule has 0 aliphatic carbocycles. The molecule has 5 nitrogen and oxygen atoms in total. The second kappa shape index (κ2) is 9.64. The molecule has 0 aromatic carbocycles. The number of rotatable bonds is 9. The van der Waals surface area contributed by atoms with Crippen molar-refractivity contribution in [2.45, 2.75) is 71.9 Å². The van der Waals surface area contributed by atoms with Gasteiger partial charge in [0.15, 0.2) is 0 Å². The summed E-state index contributed by atoms with van der Waals surface area (Å²) < 4.78 is 0. The number of unbranched alkanes of at least 4 members (excludes halogenated alkanes) is 2. The Kier molecular flexibility index (Phi) is 9.00. The van der Waals surface area contributed by atoms with E-state index in [4.69, 9.17) is 5.11 Å². The average molecular weight is 272 g/mol. The number of hydrogen-bond donors (Lipinski definition) is 2. The first-order chi connectivity index (χ1) is 8.92. The molecule has 2 unspecified atom stereocenters. The molecule has 0 saturated carbocycles. The molecule has 19 heavy (non-hydrogen) atoms. The molecule has 0 heterocycles. The summed E-state index contributed by atoms with van der Waals surface area (Å²) in [5.41, 5.74) is 0. The minimum Gasteiger partial charge on any atom is -0.480 e. The number of amides is 2. The molecule has 0 fully saturated rings. The van der Waals surface area contributed by atoms with Crippen LogP contribution in [0.25, 0.3) is 0 Å². The third-order valence-electron chi connectivity index (χ3n) is 3.30. The maximum absolute atomic E-state index is 12.1. The molecule has 0 aromatic rings. The van der Waals surface area contributed by atoms with Gasteiger partial charge in [-0.15, -0.1) is 0 Å². The first kappa shape index (κ1) is 17.7. The van der Waals surface area contributed by atoms with E-state index < -0.39 is 5.97 Å². The van der Waals surface area contributed by atoms with Crippen molar-refractivity contribution in [1.82, 2.24) is 10.2 Å². The van der Waals surface area contributed by atoms with Gasteiger partial charge in [0, 0.05) is 12.1 Å². The fourth-order valence-electron chi connectivity index (χ4n) is 1.86. The number of carboxylic acids is 1. The van der Waals surface area contributed by atoms with E-state index in [2.05, 4.69) is 12.2 Å². The van der Waals surface area contributed by atoms with Crippen molar-refractivity contribution in [3.63, 3.8) is 0 Å². The zero-order valence-electron chi connectivity index (χ0n) is 12.6. The van der Waals surface area contributed by atoms with Crippen molar-refractivity contribution in [2.24, 2.45) is 0 Å². The van der Waals surface area contributed by atoms with Gasteiger partial charge in [-0.3, -0.25) is 4.79 Å². The highest BCUT2D eigenvalue weighted by Crippen LogP contribution is 2.07. The molecule has 0 bridgehead atoms. The molecule has 2 amide bonds. The van der Waals surface area contributed by atoms with Crippen LogP contribution in [0.5, 0.6) is 0 Å². The highest BCUT2D eigenvalue weighted by molar-refractivity contribution is 5.80. The second-order valence-electron chi connectivity index (χ2n) is 5.13. The van der Waals surface area contributed by atoms with Crippen LogP contribution in [0.3, 0.4) is 0 Å². The number of nitrogens with zero attached hydrogens (tertiary/aromatic N) is 1. The molecular formula is C14H28N2O3. The lowest BCUT2D eigenvalue weighted by Gasteiger charge is -2.28. The maximum atomic E-state index is 12.1. The molecule has 0 aliphatic rings. The van der Waals surface area contributed by atoms with Crippen molar-refractivity contribution in [1.29, 1.82) is 0 Å². The van der Waals surface area contributed by atoms with Gasteiger partial charge in [-0.1, -0.05) is 33.1 Å². The van der Waals surface area contributed by atoms with E-state index in [9.17, 15) is 9.59 Å². The largest absolute Gasteiger partial charge is 0.480 e. The molecule has 2 atom stereocenters. The molecule has 112 valence electrons. The van der Waals surface area contributed by atoms with Gasteiger partial charge in [0.05, 0.1) is 0 Å². The number of carbonyl (C=O) groups excluding carboxylic acids is 1. The second-order valence-corrected chi connectivity index (χ2v) is 5.13. The smallest absolute Gasteiger partial charge is 0.323 e.